The standard InChI is InChI=1S/C26H47N/c1-4-5-6-7-8-9-10-11-12-13-14-15-16-17-18-19-20-25-24(3)21-23(2)22-26(25)27/h21-22H,4-20,27H2,1-3H3. The molecule has 27 heavy (non-hydrogen) atoms. The first-order chi connectivity index (χ1) is 13.1. The second-order valence-electron chi connectivity index (χ2n) is 8.70. The summed E-state index contributed by atoms with van der Waals surface area (Å²) in [5.41, 5.74) is 11.2. The van der Waals surface area contributed by atoms with Crippen molar-refractivity contribution in [3.63, 3.8) is 0 Å². The highest BCUT2D eigenvalue weighted by atomic mass is 14.6. The fourth-order valence-corrected chi connectivity index (χ4v) is 4.22. The lowest BCUT2D eigenvalue weighted by molar-refractivity contribution is 0.529. The van der Waals surface area contributed by atoms with Gasteiger partial charge in [-0.1, -0.05) is 109 Å². The van der Waals surface area contributed by atoms with Gasteiger partial charge in [-0.15, -0.1) is 0 Å². The van der Waals surface area contributed by atoms with Crippen LogP contribution in [0, 0.1) is 13.8 Å². The molecule has 1 aromatic carbocycles. The Labute approximate surface area is 170 Å². The van der Waals surface area contributed by atoms with Gasteiger partial charge in [0.25, 0.3) is 0 Å². The van der Waals surface area contributed by atoms with Gasteiger partial charge >= 0.3 is 0 Å². The van der Waals surface area contributed by atoms with Crippen molar-refractivity contribution >= 4 is 5.69 Å². The topological polar surface area (TPSA) is 26.0 Å². The lowest BCUT2D eigenvalue weighted by atomic mass is 9.97. The predicted octanol–water partition coefficient (Wildman–Crippen LogP) is 8.69. The molecule has 1 nitrogen and oxygen atoms in total. The summed E-state index contributed by atoms with van der Waals surface area (Å²) in [5.74, 6) is 0. The fourth-order valence-electron chi connectivity index (χ4n) is 4.22. The van der Waals surface area contributed by atoms with Gasteiger partial charge in [0.1, 0.15) is 0 Å². The molecule has 0 radical (unpaired) electrons. The first-order valence-corrected chi connectivity index (χ1v) is 12.0. The van der Waals surface area contributed by atoms with Gasteiger partial charge in [0.2, 0.25) is 0 Å². The van der Waals surface area contributed by atoms with Crippen LogP contribution >= 0.6 is 0 Å². The molecule has 156 valence electrons. The summed E-state index contributed by atoms with van der Waals surface area (Å²) in [5, 5.41) is 0. The minimum atomic E-state index is 0.994. The number of hydrogen-bond donors (Lipinski definition) is 1. The van der Waals surface area contributed by atoms with Crippen molar-refractivity contribution in [3.05, 3.63) is 28.8 Å². The average Bonchev–Trinajstić information content (AvgIpc) is 2.63. The molecule has 0 atom stereocenters. The predicted molar refractivity (Wildman–Crippen MR) is 124 cm³/mol. The van der Waals surface area contributed by atoms with E-state index in [4.69, 9.17) is 5.73 Å². The molecule has 0 aliphatic rings. The minimum Gasteiger partial charge on any atom is -0.398 e. The van der Waals surface area contributed by atoms with Gasteiger partial charge in [0.05, 0.1) is 0 Å². The molecular weight excluding hydrogens is 326 g/mol. The minimum absolute atomic E-state index is 0.994. The first kappa shape index (κ1) is 24.1. The van der Waals surface area contributed by atoms with E-state index in [2.05, 4.69) is 32.9 Å². The van der Waals surface area contributed by atoms with Gasteiger partial charge in [-0.25, -0.2) is 0 Å². The van der Waals surface area contributed by atoms with E-state index in [1.807, 2.05) is 0 Å². The van der Waals surface area contributed by atoms with E-state index < -0.39 is 0 Å². The van der Waals surface area contributed by atoms with Crippen molar-refractivity contribution in [1.29, 1.82) is 0 Å². The highest BCUT2D eigenvalue weighted by Gasteiger charge is 2.04. The normalized spacial score (nSPS) is 11.2. The summed E-state index contributed by atoms with van der Waals surface area (Å²) >= 11 is 0. The number of rotatable bonds is 17. The summed E-state index contributed by atoms with van der Waals surface area (Å²) < 4.78 is 0. The maximum Gasteiger partial charge on any atom is 0.0351 e. The Morgan fingerprint density at radius 2 is 1.00 bits per heavy atom. The van der Waals surface area contributed by atoms with Crippen LogP contribution in [0.5, 0.6) is 0 Å². The highest BCUT2D eigenvalue weighted by molar-refractivity contribution is 5.53. The maximum atomic E-state index is 6.19. The summed E-state index contributed by atoms with van der Waals surface area (Å²) in [6, 6.07) is 4.38. The molecule has 0 heterocycles. The first-order valence-electron chi connectivity index (χ1n) is 12.0. The van der Waals surface area contributed by atoms with E-state index in [9.17, 15) is 0 Å². The number of benzene rings is 1. The largest absolute Gasteiger partial charge is 0.398 e. The van der Waals surface area contributed by atoms with Crippen LogP contribution in [0.4, 0.5) is 5.69 Å². The zero-order valence-electron chi connectivity index (χ0n) is 18.8. The Hall–Kier alpha value is -0.980. The summed E-state index contributed by atoms with van der Waals surface area (Å²) in [4.78, 5) is 0. The molecule has 0 fully saturated rings. The average molecular weight is 374 g/mol. The van der Waals surface area contributed by atoms with Crippen molar-refractivity contribution in [2.75, 3.05) is 5.73 Å². The molecule has 0 unspecified atom stereocenters. The van der Waals surface area contributed by atoms with Crippen LogP contribution in [0.3, 0.4) is 0 Å². The highest BCUT2D eigenvalue weighted by Crippen LogP contribution is 2.22. The molecule has 0 amide bonds. The van der Waals surface area contributed by atoms with Crippen LogP contribution in [0.25, 0.3) is 0 Å². The number of nitrogen functional groups attached to an aromatic ring is 1. The summed E-state index contributed by atoms with van der Waals surface area (Å²) in [6.45, 7) is 6.62. The second-order valence-corrected chi connectivity index (χ2v) is 8.70. The Bertz CT molecular complexity index is 454. The van der Waals surface area contributed by atoms with E-state index >= 15 is 0 Å². The zero-order valence-corrected chi connectivity index (χ0v) is 18.8. The lowest BCUT2D eigenvalue weighted by Gasteiger charge is -2.11. The van der Waals surface area contributed by atoms with Crippen molar-refractivity contribution in [2.45, 2.75) is 130 Å². The fraction of sp³-hybridized carbons (Fsp3) is 0.769. The maximum absolute atomic E-state index is 6.19. The van der Waals surface area contributed by atoms with Crippen molar-refractivity contribution in [1.82, 2.24) is 0 Å². The van der Waals surface area contributed by atoms with Gasteiger partial charge in [-0.05, 0) is 49.4 Å². The number of aryl methyl sites for hydroxylation is 2. The molecule has 0 aliphatic carbocycles. The van der Waals surface area contributed by atoms with Crippen LogP contribution < -0.4 is 5.73 Å². The van der Waals surface area contributed by atoms with Gasteiger partial charge in [0, 0.05) is 5.69 Å². The Morgan fingerprint density at radius 1 is 0.593 bits per heavy atom. The van der Waals surface area contributed by atoms with E-state index in [1.165, 1.54) is 119 Å². The Morgan fingerprint density at radius 3 is 1.41 bits per heavy atom. The van der Waals surface area contributed by atoms with E-state index in [1.54, 1.807) is 0 Å². The molecule has 1 aromatic rings. The van der Waals surface area contributed by atoms with Crippen molar-refractivity contribution < 1.29 is 0 Å². The third-order valence-corrected chi connectivity index (χ3v) is 5.93. The number of unbranched alkanes of at least 4 members (excludes halogenated alkanes) is 15. The third kappa shape index (κ3) is 12.2. The van der Waals surface area contributed by atoms with Gasteiger partial charge in [0.15, 0.2) is 0 Å². The van der Waals surface area contributed by atoms with E-state index in [0.717, 1.165) is 12.1 Å². The molecule has 1 rings (SSSR count). The molecule has 2 N–H and O–H groups in total. The quantitative estimate of drug-likeness (QED) is 0.214. The smallest absolute Gasteiger partial charge is 0.0351 e. The SMILES string of the molecule is CCCCCCCCCCCCCCCCCCc1c(C)cc(C)cc1N. The molecule has 0 saturated heterocycles. The number of hydrogen-bond acceptors (Lipinski definition) is 1. The van der Waals surface area contributed by atoms with Gasteiger partial charge < -0.3 is 5.73 Å². The Kier molecular flexibility index (Phi) is 14.3. The van der Waals surface area contributed by atoms with Gasteiger partial charge in [-0.3, -0.25) is 0 Å². The molecule has 0 aromatic heterocycles. The molecule has 0 bridgehead atoms. The van der Waals surface area contributed by atoms with Gasteiger partial charge in [-0.2, -0.15) is 0 Å². The Balaban J connectivity index is 1.86. The van der Waals surface area contributed by atoms with E-state index in [-0.39, 0.29) is 0 Å². The number of nitrogens with two attached hydrogens (primary N) is 1. The summed E-state index contributed by atoms with van der Waals surface area (Å²) in [6.07, 6.45) is 24.0. The third-order valence-electron chi connectivity index (χ3n) is 5.93. The zero-order chi connectivity index (χ0) is 19.7. The molecule has 0 saturated carbocycles. The second kappa shape index (κ2) is 16.0. The van der Waals surface area contributed by atoms with Crippen LogP contribution in [0.15, 0.2) is 12.1 Å². The van der Waals surface area contributed by atoms with Crippen LogP contribution in [0.2, 0.25) is 0 Å². The van der Waals surface area contributed by atoms with Crippen molar-refractivity contribution in [2.24, 2.45) is 0 Å². The molecule has 1 heteroatoms. The molecular formula is C26H47N. The van der Waals surface area contributed by atoms with E-state index in [0.29, 0.717) is 0 Å². The van der Waals surface area contributed by atoms with Crippen LogP contribution in [-0.4, -0.2) is 0 Å². The molecule has 0 aliphatic heterocycles. The molecule has 0 spiro atoms. The monoisotopic (exact) mass is 373 g/mol. The number of anilines is 1. The van der Waals surface area contributed by atoms with Crippen molar-refractivity contribution in [3.8, 4) is 0 Å². The van der Waals surface area contributed by atoms with Crippen LogP contribution in [0.1, 0.15) is 126 Å². The van der Waals surface area contributed by atoms with Crippen LogP contribution in [-0.2, 0) is 6.42 Å². The lowest BCUT2D eigenvalue weighted by Crippen LogP contribution is -1.99. The summed E-state index contributed by atoms with van der Waals surface area (Å²) in [7, 11) is 0.